The molecular formula is C16H16N4O2S. The van der Waals surface area contributed by atoms with E-state index in [0.29, 0.717) is 11.7 Å². The number of pyridine rings is 1. The summed E-state index contributed by atoms with van der Waals surface area (Å²) in [6.45, 7) is 4.11. The van der Waals surface area contributed by atoms with E-state index in [4.69, 9.17) is 0 Å². The van der Waals surface area contributed by atoms with Gasteiger partial charge >= 0.3 is 0 Å². The van der Waals surface area contributed by atoms with E-state index >= 15 is 0 Å². The third-order valence-electron chi connectivity index (χ3n) is 2.96. The number of rotatable bonds is 6. The number of nitrogens with one attached hydrogen (secondary N) is 1. The molecule has 0 aliphatic rings. The maximum atomic E-state index is 12.3. The lowest BCUT2D eigenvalue weighted by molar-refractivity contribution is -0.117. The largest absolute Gasteiger partial charge is 0.309 e. The molecule has 6 nitrogen and oxygen atoms in total. The summed E-state index contributed by atoms with van der Waals surface area (Å²) in [4.78, 5) is 32.6. The van der Waals surface area contributed by atoms with E-state index in [2.05, 4.69) is 29.1 Å². The highest BCUT2D eigenvalue weighted by atomic mass is 32.1. The van der Waals surface area contributed by atoms with Gasteiger partial charge in [0.1, 0.15) is 11.5 Å². The van der Waals surface area contributed by atoms with Gasteiger partial charge in [0, 0.05) is 18.0 Å². The van der Waals surface area contributed by atoms with E-state index in [1.54, 1.807) is 29.6 Å². The molecule has 2 aromatic heterocycles. The minimum atomic E-state index is -1.44. The van der Waals surface area contributed by atoms with Crippen molar-refractivity contribution >= 4 is 28.8 Å². The Bertz CT molecular complexity index is 734. The van der Waals surface area contributed by atoms with Gasteiger partial charge in [-0.15, -0.1) is 11.3 Å². The van der Waals surface area contributed by atoms with Crippen LogP contribution in [0.25, 0.3) is 0 Å². The summed E-state index contributed by atoms with van der Waals surface area (Å²) in [6, 6.07) is 6.73. The Balaban J connectivity index is 2.10. The van der Waals surface area contributed by atoms with Crippen LogP contribution in [0.2, 0.25) is 0 Å². The minimum absolute atomic E-state index is 0.161. The van der Waals surface area contributed by atoms with Crippen LogP contribution in [0.4, 0.5) is 5.82 Å². The van der Waals surface area contributed by atoms with Crippen molar-refractivity contribution < 1.29 is 9.59 Å². The lowest BCUT2D eigenvalue weighted by Gasteiger charge is -2.07. The number of nitrogens with zero attached hydrogens (tertiary/aromatic N) is 3. The standard InChI is InChI=1S/C16H16N4O2S/c1-10(2)7-14-19-12(9-23-14)15(21)11(8-17)16(22)20-13-5-3-4-6-18-13/h3-6,9-11H,7H2,1-2H3,(H,18,20,22). The zero-order valence-electron chi connectivity index (χ0n) is 12.8. The zero-order chi connectivity index (χ0) is 16.8. The number of thiazole rings is 1. The average molecular weight is 328 g/mol. The molecule has 0 spiro atoms. The Kier molecular flexibility index (Phi) is 5.55. The number of anilines is 1. The molecule has 0 radical (unpaired) electrons. The number of carbonyl (C=O) groups is 2. The number of carbonyl (C=O) groups excluding carboxylic acids is 2. The van der Waals surface area contributed by atoms with E-state index in [1.165, 1.54) is 17.5 Å². The second kappa shape index (κ2) is 7.61. The van der Waals surface area contributed by atoms with Gasteiger partial charge in [0.15, 0.2) is 5.92 Å². The van der Waals surface area contributed by atoms with Gasteiger partial charge in [-0.25, -0.2) is 9.97 Å². The molecule has 2 rings (SSSR count). The van der Waals surface area contributed by atoms with Gasteiger partial charge in [0.05, 0.1) is 11.1 Å². The van der Waals surface area contributed by atoms with Crippen molar-refractivity contribution in [1.82, 2.24) is 9.97 Å². The molecule has 1 atom stereocenters. The van der Waals surface area contributed by atoms with Gasteiger partial charge in [-0.05, 0) is 18.1 Å². The topological polar surface area (TPSA) is 95.7 Å². The Morgan fingerprint density at radius 2 is 2.17 bits per heavy atom. The maximum absolute atomic E-state index is 12.3. The fourth-order valence-corrected chi connectivity index (χ4v) is 2.88. The van der Waals surface area contributed by atoms with Gasteiger partial charge in [0.25, 0.3) is 5.91 Å². The van der Waals surface area contributed by atoms with Crippen LogP contribution in [0, 0.1) is 23.2 Å². The molecule has 118 valence electrons. The Hall–Kier alpha value is -2.59. The predicted molar refractivity (Wildman–Crippen MR) is 87.0 cm³/mol. The summed E-state index contributed by atoms with van der Waals surface area (Å²) in [6.07, 6.45) is 2.27. The number of aromatic nitrogens is 2. The highest BCUT2D eigenvalue weighted by molar-refractivity contribution is 7.09. The zero-order valence-corrected chi connectivity index (χ0v) is 13.6. The summed E-state index contributed by atoms with van der Waals surface area (Å²) in [5.41, 5.74) is 0.161. The average Bonchev–Trinajstić information content (AvgIpc) is 2.96. The van der Waals surface area contributed by atoms with Crippen LogP contribution >= 0.6 is 11.3 Å². The van der Waals surface area contributed by atoms with Gasteiger partial charge in [-0.3, -0.25) is 9.59 Å². The van der Waals surface area contributed by atoms with Crippen LogP contribution in [0.1, 0.15) is 29.3 Å². The second-order valence-corrected chi connectivity index (χ2v) is 6.30. The molecule has 1 amide bonds. The summed E-state index contributed by atoms with van der Waals surface area (Å²) >= 11 is 1.36. The maximum Gasteiger partial charge on any atom is 0.250 e. The van der Waals surface area contributed by atoms with Crippen molar-refractivity contribution in [2.24, 2.45) is 11.8 Å². The summed E-state index contributed by atoms with van der Waals surface area (Å²) in [5.74, 6) is -2.01. The number of nitriles is 1. The lowest BCUT2D eigenvalue weighted by atomic mass is 10.0. The summed E-state index contributed by atoms with van der Waals surface area (Å²) in [7, 11) is 0. The molecule has 0 saturated carbocycles. The van der Waals surface area contributed by atoms with Gasteiger partial charge < -0.3 is 5.32 Å². The van der Waals surface area contributed by atoms with Crippen LogP contribution in [-0.2, 0) is 11.2 Å². The SMILES string of the molecule is CC(C)Cc1nc(C(=O)C(C#N)C(=O)Nc2ccccn2)cs1. The van der Waals surface area contributed by atoms with Crippen molar-refractivity contribution in [2.45, 2.75) is 20.3 Å². The van der Waals surface area contributed by atoms with Crippen LogP contribution in [-0.4, -0.2) is 21.7 Å². The van der Waals surface area contributed by atoms with E-state index in [1.807, 2.05) is 0 Å². The van der Waals surface area contributed by atoms with Crippen molar-refractivity contribution in [2.75, 3.05) is 5.32 Å². The first-order valence-electron chi connectivity index (χ1n) is 7.11. The Labute approximate surface area is 138 Å². The van der Waals surface area contributed by atoms with E-state index in [-0.39, 0.29) is 5.69 Å². The monoisotopic (exact) mass is 328 g/mol. The van der Waals surface area contributed by atoms with E-state index in [0.717, 1.165) is 11.4 Å². The van der Waals surface area contributed by atoms with Crippen LogP contribution in [0.5, 0.6) is 0 Å². The molecule has 1 N–H and O–H groups in total. The molecule has 0 saturated heterocycles. The number of Topliss-reactive ketones (excluding diaryl/α,β-unsaturated/α-hetero) is 1. The fraction of sp³-hybridized carbons (Fsp3) is 0.312. The molecule has 0 bridgehead atoms. The summed E-state index contributed by atoms with van der Waals surface area (Å²) in [5, 5.41) is 14.1. The van der Waals surface area contributed by atoms with E-state index < -0.39 is 17.6 Å². The van der Waals surface area contributed by atoms with Crippen LogP contribution < -0.4 is 5.32 Å². The fourth-order valence-electron chi connectivity index (χ4n) is 1.89. The third-order valence-corrected chi connectivity index (χ3v) is 3.83. The molecule has 7 heteroatoms. The highest BCUT2D eigenvalue weighted by Crippen LogP contribution is 2.17. The molecule has 0 aromatic carbocycles. The van der Waals surface area contributed by atoms with Crippen LogP contribution in [0.3, 0.4) is 0 Å². The molecule has 0 aliphatic heterocycles. The molecule has 0 aliphatic carbocycles. The first kappa shape index (κ1) is 16.8. The van der Waals surface area contributed by atoms with Crippen molar-refractivity contribution in [3.05, 3.63) is 40.5 Å². The highest BCUT2D eigenvalue weighted by Gasteiger charge is 2.29. The number of hydrogen-bond acceptors (Lipinski definition) is 6. The first-order valence-corrected chi connectivity index (χ1v) is 7.99. The Morgan fingerprint density at radius 3 is 2.78 bits per heavy atom. The summed E-state index contributed by atoms with van der Waals surface area (Å²) < 4.78 is 0. The smallest absolute Gasteiger partial charge is 0.250 e. The van der Waals surface area contributed by atoms with Gasteiger partial charge in [0.2, 0.25) is 5.78 Å². The normalized spacial score (nSPS) is 11.7. The Morgan fingerprint density at radius 1 is 1.39 bits per heavy atom. The molecule has 0 fully saturated rings. The minimum Gasteiger partial charge on any atom is -0.309 e. The van der Waals surface area contributed by atoms with Crippen molar-refractivity contribution in [1.29, 1.82) is 5.26 Å². The molecule has 1 unspecified atom stereocenters. The third kappa shape index (κ3) is 4.44. The predicted octanol–water partition coefficient (Wildman–Crippen LogP) is 2.70. The molecule has 23 heavy (non-hydrogen) atoms. The van der Waals surface area contributed by atoms with Gasteiger partial charge in [-0.1, -0.05) is 19.9 Å². The van der Waals surface area contributed by atoms with Crippen molar-refractivity contribution in [3.8, 4) is 6.07 Å². The first-order chi connectivity index (χ1) is 11.0. The second-order valence-electron chi connectivity index (χ2n) is 5.36. The molecule has 2 aromatic rings. The number of amides is 1. The van der Waals surface area contributed by atoms with Crippen LogP contribution in [0.15, 0.2) is 29.8 Å². The number of hydrogen-bond donors (Lipinski definition) is 1. The van der Waals surface area contributed by atoms with Crippen molar-refractivity contribution in [3.63, 3.8) is 0 Å². The number of ketones is 1. The van der Waals surface area contributed by atoms with E-state index in [9.17, 15) is 14.9 Å². The quantitative estimate of drug-likeness (QED) is 0.649. The molecule has 2 heterocycles. The molecular weight excluding hydrogens is 312 g/mol. The van der Waals surface area contributed by atoms with Gasteiger partial charge in [-0.2, -0.15) is 5.26 Å². The lowest BCUT2D eigenvalue weighted by Crippen LogP contribution is -2.29.